The average molecular weight is 471 g/mol. The summed E-state index contributed by atoms with van der Waals surface area (Å²) in [5, 5.41) is 2.97. The lowest BCUT2D eigenvalue weighted by molar-refractivity contribution is -0.136. The van der Waals surface area contributed by atoms with Crippen LogP contribution in [0.15, 0.2) is 83.3 Å². The van der Waals surface area contributed by atoms with Gasteiger partial charge in [0.2, 0.25) is 0 Å². The van der Waals surface area contributed by atoms with Gasteiger partial charge in [0.1, 0.15) is 0 Å². The number of pyridine rings is 1. The quantitative estimate of drug-likeness (QED) is 0.352. The van der Waals surface area contributed by atoms with Crippen LogP contribution in [0.1, 0.15) is 15.9 Å². The number of alkyl halides is 3. The third-order valence-corrected chi connectivity index (χ3v) is 5.06. The predicted molar refractivity (Wildman–Crippen MR) is 114 cm³/mol. The molecule has 150 valence electrons. The van der Waals surface area contributed by atoms with E-state index in [1.807, 2.05) is 24.3 Å². The topological polar surface area (TPSA) is 42.0 Å². The Balaban J connectivity index is 1.82. The lowest BCUT2D eigenvalue weighted by Crippen LogP contribution is -2.17. The number of fused-ring (bicyclic) bond motifs is 1. The van der Waals surface area contributed by atoms with Crippen molar-refractivity contribution in [1.29, 1.82) is 0 Å². The SMILES string of the molecule is O=C(Nc1ccccc1C(F)(F)F)c1cc(-c2cccc(Br)c2)nc2ccccc12. The normalized spacial score (nSPS) is 11.5. The molecule has 1 heterocycles. The molecule has 0 unspecified atom stereocenters. The van der Waals surface area contributed by atoms with Crippen molar-refractivity contribution in [2.45, 2.75) is 6.18 Å². The maximum absolute atomic E-state index is 13.3. The van der Waals surface area contributed by atoms with Crippen molar-refractivity contribution in [3.8, 4) is 11.3 Å². The van der Waals surface area contributed by atoms with Crippen LogP contribution in [0.5, 0.6) is 0 Å². The van der Waals surface area contributed by atoms with Gasteiger partial charge in [-0.05, 0) is 36.4 Å². The van der Waals surface area contributed by atoms with Crippen LogP contribution >= 0.6 is 15.9 Å². The molecule has 0 radical (unpaired) electrons. The zero-order chi connectivity index (χ0) is 21.3. The van der Waals surface area contributed by atoms with Crippen molar-refractivity contribution in [3.63, 3.8) is 0 Å². The third-order valence-electron chi connectivity index (χ3n) is 4.56. The van der Waals surface area contributed by atoms with E-state index in [1.165, 1.54) is 18.2 Å². The molecule has 0 atom stereocenters. The fourth-order valence-electron chi connectivity index (χ4n) is 3.19. The molecular weight excluding hydrogens is 457 g/mol. The molecule has 3 nitrogen and oxygen atoms in total. The Hall–Kier alpha value is -3.19. The summed E-state index contributed by atoms with van der Waals surface area (Å²) in [7, 11) is 0. The van der Waals surface area contributed by atoms with Crippen molar-refractivity contribution in [1.82, 2.24) is 4.98 Å². The zero-order valence-electron chi connectivity index (χ0n) is 15.4. The summed E-state index contributed by atoms with van der Waals surface area (Å²) >= 11 is 3.41. The van der Waals surface area contributed by atoms with Gasteiger partial charge in [-0.1, -0.05) is 58.4 Å². The minimum Gasteiger partial charge on any atom is -0.321 e. The second kappa shape index (κ2) is 7.91. The van der Waals surface area contributed by atoms with E-state index < -0.39 is 17.6 Å². The van der Waals surface area contributed by atoms with E-state index in [4.69, 9.17) is 0 Å². The standard InChI is InChI=1S/C23H14BrF3N2O/c24-15-7-5-6-14(12-15)21-13-17(16-8-1-3-10-19(16)28-21)22(30)29-20-11-4-2-9-18(20)23(25,26)27/h1-13H,(H,29,30). The van der Waals surface area contributed by atoms with Crippen LogP contribution in [0.3, 0.4) is 0 Å². The third kappa shape index (κ3) is 4.07. The molecule has 4 aromatic rings. The summed E-state index contributed by atoms with van der Waals surface area (Å²) in [6, 6.07) is 20.9. The minimum atomic E-state index is -4.58. The highest BCUT2D eigenvalue weighted by Crippen LogP contribution is 2.35. The van der Waals surface area contributed by atoms with Crippen LogP contribution in [0.25, 0.3) is 22.2 Å². The second-order valence-corrected chi connectivity index (χ2v) is 7.50. The summed E-state index contributed by atoms with van der Waals surface area (Å²) in [5.41, 5.74) is 0.949. The Kier molecular flexibility index (Phi) is 5.30. The Bertz CT molecular complexity index is 1250. The number of para-hydroxylation sites is 2. The smallest absolute Gasteiger partial charge is 0.321 e. The van der Waals surface area contributed by atoms with Gasteiger partial charge < -0.3 is 5.32 Å². The van der Waals surface area contributed by atoms with Gasteiger partial charge in [0.15, 0.2) is 0 Å². The highest BCUT2D eigenvalue weighted by molar-refractivity contribution is 9.10. The van der Waals surface area contributed by atoms with Crippen LogP contribution < -0.4 is 5.32 Å². The number of anilines is 1. The Morgan fingerprint density at radius 1 is 0.900 bits per heavy atom. The number of amides is 1. The van der Waals surface area contributed by atoms with Crippen molar-refractivity contribution in [2.24, 2.45) is 0 Å². The van der Waals surface area contributed by atoms with E-state index in [0.717, 1.165) is 16.1 Å². The first-order valence-corrected chi connectivity index (χ1v) is 9.75. The number of halogens is 4. The predicted octanol–water partition coefficient (Wildman–Crippen LogP) is 6.94. The molecule has 3 aromatic carbocycles. The lowest BCUT2D eigenvalue weighted by Gasteiger charge is -2.15. The molecule has 0 spiro atoms. The summed E-state index contributed by atoms with van der Waals surface area (Å²) < 4.78 is 40.8. The molecule has 0 saturated carbocycles. The number of carbonyl (C=O) groups excluding carboxylic acids is 1. The maximum Gasteiger partial charge on any atom is 0.418 e. The highest BCUT2D eigenvalue weighted by atomic mass is 79.9. The molecule has 7 heteroatoms. The van der Waals surface area contributed by atoms with Crippen molar-refractivity contribution >= 4 is 38.4 Å². The number of nitrogens with one attached hydrogen (secondary N) is 1. The molecule has 0 aliphatic rings. The van der Waals surface area contributed by atoms with Gasteiger partial charge in [0.25, 0.3) is 5.91 Å². The highest BCUT2D eigenvalue weighted by Gasteiger charge is 2.33. The van der Waals surface area contributed by atoms with Gasteiger partial charge in [0, 0.05) is 15.4 Å². The number of aromatic nitrogens is 1. The van der Waals surface area contributed by atoms with Crippen LogP contribution in [-0.4, -0.2) is 10.9 Å². The first-order chi connectivity index (χ1) is 14.3. The summed E-state index contributed by atoms with van der Waals surface area (Å²) in [6.45, 7) is 0. The number of carbonyl (C=O) groups is 1. The molecular formula is C23H14BrF3N2O. The Labute approximate surface area is 178 Å². The van der Waals surface area contributed by atoms with Crippen LogP contribution in [0.2, 0.25) is 0 Å². The van der Waals surface area contributed by atoms with Crippen molar-refractivity contribution in [2.75, 3.05) is 5.32 Å². The summed E-state index contributed by atoms with van der Waals surface area (Å²) in [5.74, 6) is -0.637. The second-order valence-electron chi connectivity index (χ2n) is 6.58. The number of hydrogen-bond acceptors (Lipinski definition) is 2. The lowest BCUT2D eigenvalue weighted by atomic mass is 10.0. The van der Waals surface area contributed by atoms with E-state index in [0.29, 0.717) is 16.6 Å². The van der Waals surface area contributed by atoms with E-state index in [-0.39, 0.29) is 11.3 Å². The van der Waals surface area contributed by atoms with Gasteiger partial charge in [0.05, 0.1) is 28.0 Å². The van der Waals surface area contributed by atoms with Gasteiger partial charge in [-0.25, -0.2) is 4.98 Å². The molecule has 0 aliphatic heterocycles. The average Bonchev–Trinajstić information content (AvgIpc) is 2.72. The van der Waals surface area contributed by atoms with Gasteiger partial charge >= 0.3 is 6.18 Å². The fourth-order valence-corrected chi connectivity index (χ4v) is 3.59. The van der Waals surface area contributed by atoms with E-state index in [2.05, 4.69) is 26.2 Å². The molecule has 4 rings (SSSR count). The maximum atomic E-state index is 13.3. The number of benzene rings is 3. The zero-order valence-corrected chi connectivity index (χ0v) is 17.0. The monoisotopic (exact) mass is 470 g/mol. The van der Waals surface area contributed by atoms with Crippen LogP contribution in [-0.2, 0) is 6.18 Å². The number of hydrogen-bond donors (Lipinski definition) is 1. The van der Waals surface area contributed by atoms with Crippen molar-refractivity contribution < 1.29 is 18.0 Å². The van der Waals surface area contributed by atoms with E-state index in [9.17, 15) is 18.0 Å². The number of rotatable bonds is 3. The van der Waals surface area contributed by atoms with Gasteiger partial charge in [-0.3, -0.25) is 4.79 Å². The van der Waals surface area contributed by atoms with Crippen LogP contribution in [0, 0.1) is 0 Å². The molecule has 0 aliphatic carbocycles. The van der Waals surface area contributed by atoms with E-state index in [1.54, 1.807) is 30.3 Å². The summed E-state index contributed by atoms with van der Waals surface area (Å²) in [4.78, 5) is 17.7. The molecule has 1 amide bonds. The molecule has 30 heavy (non-hydrogen) atoms. The number of nitrogens with zero attached hydrogens (tertiary/aromatic N) is 1. The Morgan fingerprint density at radius 3 is 2.40 bits per heavy atom. The fraction of sp³-hybridized carbons (Fsp3) is 0.0435. The van der Waals surface area contributed by atoms with Gasteiger partial charge in [-0.15, -0.1) is 0 Å². The van der Waals surface area contributed by atoms with Gasteiger partial charge in [-0.2, -0.15) is 13.2 Å². The summed E-state index contributed by atoms with van der Waals surface area (Å²) in [6.07, 6.45) is -4.58. The Morgan fingerprint density at radius 2 is 1.63 bits per heavy atom. The minimum absolute atomic E-state index is 0.243. The molecule has 0 saturated heterocycles. The first kappa shape index (κ1) is 20.1. The van der Waals surface area contributed by atoms with E-state index >= 15 is 0 Å². The first-order valence-electron chi connectivity index (χ1n) is 8.96. The molecule has 1 aromatic heterocycles. The van der Waals surface area contributed by atoms with Crippen molar-refractivity contribution in [3.05, 3.63) is 94.5 Å². The van der Waals surface area contributed by atoms with Crippen LogP contribution in [0.4, 0.5) is 18.9 Å². The molecule has 0 bridgehead atoms. The molecule has 0 fully saturated rings. The largest absolute Gasteiger partial charge is 0.418 e. The molecule has 1 N–H and O–H groups in total.